The number of hydrogen-bond acceptors (Lipinski definition) is 3. The van der Waals surface area contributed by atoms with Crippen molar-refractivity contribution in [2.75, 3.05) is 0 Å². The van der Waals surface area contributed by atoms with E-state index >= 15 is 0 Å². The maximum Gasteiger partial charge on any atom is 0.411 e. The Morgan fingerprint density at radius 2 is 2.00 bits per heavy atom. The van der Waals surface area contributed by atoms with E-state index in [9.17, 15) is 18.0 Å². The van der Waals surface area contributed by atoms with E-state index in [4.69, 9.17) is 4.74 Å². The standard InChI is InChI=1S/C15H19F3N2O2/c1-9(2)22-12-7-4-10(8-19-12)13(21)20-14(3,11-5-6-11)15(16,17)18/h4,7-9,11H,5-6H2,1-3H3,(H,20,21). The van der Waals surface area contributed by atoms with E-state index in [1.165, 1.54) is 18.3 Å². The summed E-state index contributed by atoms with van der Waals surface area (Å²) < 4.78 is 45.0. The van der Waals surface area contributed by atoms with E-state index in [1.807, 2.05) is 13.8 Å². The largest absolute Gasteiger partial charge is 0.475 e. The van der Waals surface area contributed by atoms with Crippen LogP contribution in [-0.4, -0.2) is 28.7 Å². The number of hydrogen-bond donors (Lipinski definition) is 1. The highest BCUT2D eigenvalue weighted by Gasteiger charge is 2.60. The molecule has 0 spiro atoms. The average Bonchev–Trinajstić information content (AvgIpc) is 3.21. The van der Waals surface area contributed by atoms with Gasteiger partial charge in [-0.15, -0.1) is 0 Å². The second-order valence-electron chi connectivity index (χ2n) is 5.98. The molecule has 1 aliphatic carbocycles. The third-order valence-electron chi connectivity index (χ3n) is 3.71. The van der Waals surface area contributed by atoms with Crippen LogP contribution in [0.3, 0.4) is 0 Å². The second-order valence-corrected chi connectivity index (χ2v) is 5.98. The summed E-state index contributed by atoms with van der Waals surface area (Å²) in [7, 11) is 0. The van der Waals surface area contributed by atoms with E-state index in [1.54, 1.807) is 0 Å². The number of aromatic nitrogens is 1. The summed E-state index contributed by atoms with van der Waals surface area (Å²) in [5, 5.41) is 2.13. The molecular formula is C15H19F3N2O2. The van der Waals surface area contributed by atoms with Gasteiger partial charge in [-0.05, 0) is 45.6 Å². The van der Waals surface area contributed by atoms with E-state index in [-0.39, 0.29) is 11.7 Å². The number of nitrogens with zero attached hydrogens (tertiary/aromatic N) is 1. The molecule has 7 heteroatoms. The van der Waals surface area contributed by atoms with Crippen molar-refractivity contribution in [3.05, 3.63) is 23.9 Å². The van der Waals surface area contributed by atoms with Crippen LogP contribution in [0.25, 0.3) is 0 Å². The lowest BCUT2D eigenvalue weighted by molar-refractivity contribution is -0.194. The van der Waals surface area contributed by atoms with Crippen LogP contribution in [0.1, 0.15) is 44.0 Å². The normalized spacial score (nSPS) is 18.0. The topological polar surface area (TPSA) is 51.2 Å². The lowest BCUT2D eigenvalue weighted by atomic mass is 9.94. The first-order chi connectivity index (χ1) is 10.1. The van der Waals surface area contributed by atoms with Crippen LogP contribution < -0.4 is 10.1 Å². The molecule has 0 bridgehead atoms. The van der Waals surface area contributed by atoms with Gasteiger partial charge in [-0.1, -0.05) is 0 Å². The summed E-state index contributed by atoms with van der Waals surface area (Å²) >= 11 is 0. The lowest BCUT2D eigenvalue weighted by Crippen LogP contribution is -2.58. The Balaban J connectivity index is 2.11. The first-order valence-corrected chi connectivity index (χ1v) is 7.15. The Morgan fingerprint density at radius 1 is 1.36 bits per heavy atom. The minimum absolute atomic E-state index is 0.0736. The molecule has 0 saturated heterocycles. The summed E-state index contributed by atoms with van der Waals surface area (Å²) in [5.74, 6) is -1.02. The van der Waals surface area contributed by atoms with Crippen molar-refractivity contribution < 1.29 is 22.7 Å². The number of alkyl halides is 3. The third-order valence-corrected chi connectivity index (χ3v) is 3.71. The number of carbonyl (C=O) groups is 1. The number of pyridine rings is 1. The van der Waals surface area contributed by atoms with Gasteiger partial charge in [0, 0.05) is 12.3 Å². The molecule has 1 fully saturated rings. The monoisotopic (exact) mass is 316 g/mol. The van der Waals surface area contributed by atoms with Crippen molar-refractivity contribution in [1.82, 2.24) is 10.3 Å². The zero-order chi connectivity index (χ0) is 16.5. The highest BCUT2D eigenvalue weighted by atomic mass is 19.4. The van der Waals surface area contributed by atoms with Crippen LogP contribution in [0.2, 0.25) is 0 Å². The van der Waals surface area contributed by atoms with Gasteiger partial charge in [0.2, 0.25) is 5.88 Å². The fraction of sp³-hybridized carbons (Fsp3) is 0.600. The van der Waals surface area contributed by atoms with Crippen LogP contribution in [0, 0.1) is 5.92 Å². The lowest BCUT2D eigenvalue weighted by Gasteiger charge is -2.33. The summed E-state index contributed by atoms with van der Waals surface area (Å²) in [4.78, 5) is 16.0. The van der Waals surface area contributed by atoms with Crippen molar-refractivity contribution in [2.24, 2.45) is 5.92 Å². The van der Waals surface area contributed by atoms with Crippen LogP contribution in [0.4, 0.5) is 13.2 Å². The molecule has 1 saturated carbocycles. The van der Waals surface area contributed by atoms with Gasteiger partial charge in [-0.25, -0.2) is 4.98 Å². The Labute approximate surface area is 127 Å². The van der Waals surface area contributed by atoms with Crippen molar-refractivity contribution in [2.45, 2.75) is 51.4 Å². The van der Waals surface area contributed by atoms with Crippen LogP contribution in [0.5, 0.6) is 5.88 Å². The van der Waals surface area contributed by atoms with Gasteiger partial charge >= 0.3 is 6.18 Å². The highest BCUT2D eigenvalue weighted by molar-refractivity contribution is 5.94. The molecule has 0 aliphatic heterocycles. The Hall–Kier alpha value is -1.79. The van der Waals surface area contributed by atoms with Crippen molar-refractivity contribution >= 4 is 5.91 Å². The molecule has 0 radical (unpaired) electrons. The van der Waals surface area contributed by atoms with Gasteiger partial charge in [0.15, 0.2) is 0 Å². The van der Waals surface area contributed by atoms with Crippen LogP contribution in [-0.2, 0) is 0 Å². The minimum atomic E-state index is -4.49. The van der Waals surface area contributed by atoms with E-state index < -0.39 is 23.5 Å². The van der Waals surface area contributed by atoms with Crippen LogP contribution in [0.15, 0.2) is 18.3 Å². The predicted octanol–water partition coefficient (Wildman–Crippen LogP) is 3.33. The minimum Gasteiger partial charge on any atom is -0.475 e. The Morgan fingerprint density at radius 3 is 2.41 bits per heavy atom. The predicted molar refractivity (Wildman–Crippen MR) is 74.7 cm³/mol. The van der Waals surface area contributed by atoms with Gasteiger partial charge in [0.25, 0.3) is 5.91 Å². The zero-order valence-electron chi connectivity index (χ0n) is 12.7. The van der Waals surface area contributed by atoms with Gasteiger partial charge in [0.1, 0.15) is 5.54 Å². The average molecular weight is 316 g/mol. The third kappa shape index (κ3) is 3.51. The fourth-order valence-corrected chi connectivity index (χ4v) is 2.20. The maximum absolute atomic E-state index is 13.2. The van der Waals surface area contributed by atoms with Crippen molar-refractivity contribution in [3.8, 4) is 5.88 Å². The van der Waals surface area contributed by atoms with E-state index in [0.717, 1.165) is 6.92 Å². The first-order valence-electron chi connectivity index (χ1n) is 7.15. The summed E-state index contributed by atoms with van der Waals surface area (Å²) in [5.41, 5.74) is -2.12. The molecule has 1 N–H and O–H groups in total. The quantitative estimate of drug-likeness (QED) is 0.906. The van der Waals surface area contributed by atoms with E-state index in [0.29, 0.717) is 18.7 Å². The number of amides is 1. The molecule has 1 amide bonds. The number of rotatable bonds is 5. The number of carbonyl (C=O) groups excluding carboxylic acids is 1. The molecule has 1 heterocycles. The van der Waals surface area contributed by atoms with Gasteiger partial charge < -0.3 is 10.1 Å². The Bertz CT molecular complexity index is 539. The molecule has 0 aromatic carbocycles. The highest BCUT2D eigenvalue weighted by Crippen LogP contribution is 2.48. The molecule has 122 valence electrons. The van der Waals surface area contributed by atoms with Gasteiger partial charge in [-0.2, -0.15) is 13.2 Å². The summed E-state index contributed by atoms with van der Waals surface area (Å²) in [6, 6.07) is 2.88. The number of nitrogens with one attached hydrogen (secondary N) is 1. The zero-order valence-corrected chi connectivity index (χ0v) is 12.7. The summed E-state index contributed by atoms with van der Waals surface area (Å²) in [6.45, 7) is 4.69. The van der Waals surface area contributed by atoms with E-state index in [2.05, 4.69) is 10.3 Å². The smallest absolute Gasteiger partial charge is 0.411 e. The molecular weight excluding hydrogens is 297 g/mol. The molecule has 1 atom stereocenters. The SMILES string of the molecule is CC(C)Oc1ccc(C(=O)NC(C)(C2CC2)C(F)(F)F)cn1. The molecule has 1 unspecified atom stereocenters. The number of halogens is 3. The second kappa shape index (κ2) is 5.78. The van der Waals surface area contributed by atoms with Gasteiger partial charge in [0.05, 0.1) is 11.7 Å². The summed E-state index contributed by atoms with van der Waals surface area (Å²) in [6.07, 6.45) is -2.41. The molecule has 1 aliphatic rings. The molecule has 1 aromatic rings. The number of ether oxygens (including phenoxy) is 1. The molecule has 22 heavy (non-hydrogen) atoms. The van der Waals surface area contributed by atoms with Gasteiger partial charge in [-0.3, -0.25) is 4.79 Å². The first kappa shape index (κ1) is 16.6. The molecule has 2 rings (SSSR count). The molecule has 4 nitrogen and oxygen atoms in total. The van der Waals surface area contributed by atoms with Crippen molar-refractivity contribution in [1.29, 1.82) is 0 Å². The fourth-order valence-electron chi connectivity index (χ4n) is 2.20. The van der Waals surface area contributed by atoms with Crippen LogP contribution >= 0.6 is 0 Å². The van der Waals surface area contributed by atoms with Crippen molar-refractivity contribution in [3.63, 3.8) is 0 Å². The maximum atomic E-state index is 13.2. The molecule has 1 aromatic heterocycles. The Kier molecular flexibility index (Phi) is 4.35.